The Morgan fingerprint density at radius 2 is 2.11 bits per heavy atom. The van der Waals surface area contributed by atoms with Crippen molar-refractivity contribution in [2.75, 3.05) is 20.8 Å². The van der Waals surface area contributed by atoms with E-state index in [0.717, 1.165) is 0 Å². The molecule has 104 valence electrons. The van der Waals surface area contributed by atoms with Gasteiger partial charge in [0.1, 0.15) is 9.67 Å². The van der Waals surface area contributed by atoms with E-state index in [9.17, 15) is 9.59 Å². The lowest BCUT2D eigenvalue weighted by atomic mass is 10.2. The van der Waals surface area contributed by atoms with E-state index >= 15 is 0 Å². The maximum Gasteiger partial charge on any atom is 0.320 e. The maximum absolute atomic E-state index is 12.0. The number of hydrogen-bond acceptors (Lipinski definition) is 4. The Balaban J connectivity index is 2.70. The summed E-state index contributed by atoms with van der Waals surface area (Å²) in [5.41, 5.74) is 0.452. The Morgan fingerprint density at radius 3 is 2.68 bits per heavy atom. The van der Waals surface area contributed by atoms with E-state index in [-0.39, 0.29) is 18.4 Å². The van der Waals surface area contributed by atoms with E-state index < -0.39 is 3.92 Å². The molecule has 0 aliphatic carbocycles. The van der Waals surface area contributed by atoms with Crippen molar-refractivity contribution in [1.29, 1.82) is 0 Å². The average Bonchev–Trinajstić information content (AvgIpc) is 2.43. The van der Waals surface area contributed by atoms with Crippen LogP contribution < -0.4 is 10.1 Å². The largest absolute Gasteiger partial charge is 0.497 e. The molecule has 19 heavy (non-hydrogen) atoms. The highest BCUT2D eigenvalue weighted by molar-refractivity contribution is 14.1. The number of benzene rings is 1. The van der Waals surface area contributed by atoms with Gasteiger partial charge in [0.15, 0.2) is 0 Å². The summed E-state index contributed by atoms with van der Waals surface area (Å²) in [4.78, 5) is 23.2. The molecule has 0 aromatic heterocycles. The average molecular weight is 442 g/mol. The molecule has 1 atom stereocenters. The van der Waals surface area contributed by atoms with Gasteiger partial charge in [-0.25, -0.2) is 0 Å². The number of carbonyl (C=O) groups is 2. The summed E-state index contributed by atoms with van der Waals surface area (Å²) < 4.78 is 9.89. The van der Waals surface area contributed by atoms with Crippen molar-refractivity contribution < 1.29 is 19.1 Å². The third-order valence-electron chi connectivity index (χ3n) is 2.32. The van der Waals surface area contributed by atoms with Crippen LogP contribution in [-0.4, -0.2) is 36.6 Å². The number of halogens is 2. The van der Waals surface area contributed by atoms with E-state index in [4.69, 9.17) is 4.74 Å². The minimum Gasteiger partial charge on any atom is -0.497 e. The zero-order valence-corrected chi connectivity index (χ0v) is 14.1. The van der Waals surface area contributed by atoms with Crippen LogP contribution in [0, 0.1) is 0 Å². The van der Waals surface area contributed by atoms with E-state index in [1.54, 1.807) is 18.2 Å². The normalized spacial score (nSPS) is 11.6. The van der Waals surface area contributed by atoms with Gasteiger partial charge in [0.05, 0.1) is 19.8 Å². The Hall–Kier alpha value is -0.830. The molecule has 0 bridgehead atoms. The number of methoxy groups -OCH3 is 2. The van der Waals surface area contributed by atoms with Gasteiger partial charge < -0.3 is 14.8 Å². The zero-order chi connectivity index (χ0) is 14.4. The second-order valence-electron chi connectivity index (χ2n) is 3.55. The molecule has 0 radical (unpaired) electrons. The van der Waals surface area contributed by atoms with Crippen LogP contribution in [0.3, 0.4) is 0 Å². The lowest BCUT2D eigenvalue weighted by molar-refractivity contribution is -0.139. The zero-order valence-electron chi connectivity index (χ0n) is 10.4. The molecule has 1 aromatic rings. The number of hydrogen-bond donors (Lipinski definition) is 1. The van der Waals surface area contributed by atoms with Gasteiger partial charge in [-0.1, -0.05) is 22.6 Å². The van der Waals surface area contributed by atoms with Crippen molar-refractivity contribution in [1.82, 2.24) is 5.32 Å². The van der Waals surface area contributed by atoms with Gasteiger partial charge in [0.25, 0.3) is 5.91 Å². The Morgan fingerprint density at radius 1 is 1.42 bits per heavy atom. The topological polar surface area (TPSA) is 64.6 Å². The van der Waals surface area contributed by atoms with Gasteiger partial charge in [0, 0.05) is 11.0 Å². The second-order valence-corrected chi connectivity index (χ2v) is 5.90. The standard InChI is InChI=1S/C12H13BrINO4/c1-18-7-3-4-9(13)8(5-7)11(16)15-6-10(14)12(17)19-2/h3-5,10H,6H2,1-2H3,(H,15,16). The maximum atomic E-state index is 12.0. The van der Waals surface area contributed by atoms with Crippen molar-refractivity contribution in [2.24, 2.45) is 0 Å². The molecule has 1 aromatic carbocycles. The van der Waals surface area contributed by atoms with Crippen LogP contribution in [0.1, 0.15) is 10.4 Å². The number of esters is 1. The molecule has 5 nitrogen and oxygen atoms in total. The van der Waals surface area contributed by atoms with Gasteiger partial charge in [-0.05, 0) is 34.1 Å². The third kappa shape index (κ3) is 4.64. The first-order valence-electron chi connectivity index (χ1n) is 5.33. The molecule has 0 fully saturated rings. The van der Waals surface area contributed by atoms with Crippen LogP contribution in [0.5, 0.6) is 5.75 Å². The summed E-state index contributed by atoms with van der Waals surface area (Å²) in [6, 6.07) is 5.10. The molecule has 0 aliphatic heterocycles. The van der Waals surface area contributed by atoms with Crippen LogP contribution in [0.4, 0.5) is 0 Å². The summed E-state index contributed by atoms with van der Waals surface area (Å²) in [5, 5.41) is 2.67. The lowest BCUT2D eigenvalue weighted by Gasteiger charge is -2.11. The third-order valence-corrected chi connectivity index (χ3v) is 3.96. The molecule has 0 saturated heterocycles. The van der Waals surface area contributed by atoms with Gasteiger partial charge >= 0.3 is 5.97 Å². The van der Waals surface area contributed by atoms with Crippen molar-refractivity contribution in [3.8, 4) is 5.75 Å². The van der Waals surface area contributed by atoms with E-state index in [2.05, 4.69) is 26.0 Å². The first-order chi connectivity index (χ1) is 8.99. The van der Waals surface area contributed by atoms with Crippen molar-refractivity contribution in [3.63, 3.8) is 0 Å². The van der Waals surface area contributed by atoms with Gasteiger partial charge in [-0.2, -0.15) is 0 Å². The van der Waals surface area contributed by atoms with Crippen LogP contribution in [0.25, 0.3) is 0 Å². The molecular weight excluding hydrogens is 429 g/mol. The van der Waals surface area contributed by atoms with Crippen LogP contribution in [-0.2, 0) is 9.53 Å². The van der Waals surface area contributed by atoms with Crippen LogP contribution in [0.15, 0.2) is 22.7 Å². The van der Waals surface area contributed by atoms with Crippen molar-refractivity contribution in [2.45, 2.75) is 3.92 Å². The Bertz CT molecular complexity index is 481. The minimum atomic E-state index is -0.420. The Labute approximate surface area is 133 Å². The van der Waals surface area contributed by atoms with E-state index in [1.807, 2.05) is 22.6 Å². The summed E-state index contributed by atoms with van der Waals surface area (Å²) in [6.07, 6.45) is 0. The van der Waals surface area contributed by atoms with E-state index in [0.29, 0.717) is 15.8 Å². The minimum absolute atomic E-state index is 0.204. The highest BCUT2D eigenvalue weighted by Crippen LogP contribution is 2.22. The monoisotopic (exact) mass is 441 g/mol. The summed E-state index contributed by atoms with van der Waals surface area (Å²) in [6.45, 7) is 0.204. The van der Waals surface area contributed by atoms with Gasteiger partial charge in [-0.15, -0.1) is 0 Å². The van der Waals surface area contributed by atoms with Gasteiger partial charge in [-0.3, -0.25) is 9.59 Å². The fourth-order valence-corrected chi connectivity index (χ4v) is 2.20. The van der Waals surface area contributed by atoms with Crippen LogP contribution in [0.2, 0.25) is 0 Å². The fraction of sp³-hybridized carbons (Fsp3) is 0.333. The smallest absolute Gasteiger partial charge is 0.320 e. The molecule has 1 rings (SSSR count). The molecule has 1 unspecified atom stereocenters. The number of alkyl halides is 1. The molecule has 0 aliphatic rings. The molecule has 0 saturated carbocycles. The van der Waals surface area contributed by atoms with Crippen LogP contribution >= 0.6 is 38.5 Å². The first-order valence-corrected chi connectivity index (χ1v) is 7.37. The number of nitrogens with one attached hydrogen (secondary N) is 1. The first kappa shape index (κ1) is 16.2. The highest BCUT2D eigenvalue weighted by Gasteiger charge is 2.17. The number of carbonyl (C=O) groups excluding carboxylic acids is 2. The number of amides is 1. The fourth-order valence-electron chi connectivity index (χ4n) is 1.29. The summed E-state index contributed by atoms with van der Waals surface area (Å²) in [7, 11) is 2.84. The van der Waals surface area contributed by atoms with Gasteiger partial charge in [0.2, 0.25) is 0 Å². The Kier molecular flexibility index (Phi) is 6.56. The van der Waals surface area contributed by atoms with Crippen molar-refractivity contribution >= 4 is 50.4 Å². The second kappa shape index (κ2) is 7.68. The highest BCUT2D eigenvalue weighted by atomic mass is 127. The molecule has 0 heterocycles. The summed E-state index contributed by atoms with van der Waals surface area (Å²) in [5.74, 6) is -0.0608. The quantitative estimate of drug-likeness (QED) is 0.432. The predicted molar refractivity (Wildman–Crippen MR) is 82.9 cm³/mol. The molecule has 1 amide bonds. The molecule has 1 N–H and O–H groups in total. The number of rotatable bonds is 5. The SMILES string of the molecule is COC(=O)C(I)CNC(=O)c1cc(OC)ccc1Br. The molecule has 0 spiro atoms. The predicted octanol–water partition coefficient (Wildman–Crippen LogP) is 2.16. The lowest BCUT2D eigenvalue weighted by Crippen LogP contribution is -2.34. The summed E-state index contributed by atoms with van der Waals surface area (Å²) >= 11 is 5.22. The molecular formula is C12H13BrINO4. The molecule has 7 heteroatoms. The van der Waals surface area contributed by atoms with E-state index in [1.165, 1.54) is 14.2 Å². The number of ether oxygens (including phenoxy) is 2. The van der Waals surface area contributed by atoms with Crippen molar-refractivity contribution in [3.05, 3.63) is 28.2 Å².